The zero-order valence-corrected chi connectivity index (χ0v) is 11.8. The number of rotatable bonds is 3. The van der Waals surface area contributed by atoms with E-state index in [9.17, 15) is 9.90 Å². The first-order chi connectivity index (χ1) is 8.56. The normalized spacial score (nSPS) is 28.1. The van der Waals surface area contributed by atoms with Crippen LogP contribution in [-0.4, -0.2) is 23.2 Å². The van der Waals surface area contributed by atoms with Crippen molar-refractivity contribution in [3.8, 4) is 0 Å². The smallest absolute Gasteiger partial charge is 0.262 e. The lowest BCUT2D eigenvalue weighted by Crippen LogP contribution is -2.53. The van der Waals surface area contributed by atoms with Crippen molar-refractivity contribution in [1.29, 1.82) is 0 Å². The van der Waals surface area contributed by atoms with Gasteiger partial charge in [0.2, 0.25) is 0 Å². The molecule has 1 aliphatic carbocycles. The zero-order valence-electron chi connectivity index (χ0n) is 11.0. The largest absolute Gasteiger partial charge is 0.394 e. The van der Waals surface area contributed by atoms with Crippen LogP contribution < -0.4 is 5.32 Å². The van der Waals surface area contributed by atoms with Crippen LogP contribution in [0.3, 0.4) is 0 Å². The van der Waals surface area contributed by atoms with Crippen LogP contribution in [0, 0.1) is 12.8 Å². The van der Waals surface area contributed by atoms with E-state index in [1.165, 1.54) is 11.3 Å². The molecule has 1 fully saturated rings. The van der Waals surface area contributed by atoms with Crippen LogP contribution in [0.5, 0.6) is 0 Å². The van der Waals surface area contributed by atoms with Crippen molar-refractivity contribution >= 4 is 17.2 Å². The maximum absolute atomic E-state index is 12.2. The number of hydrogen-bond acceptors (Lipinski definition) is 3. The molecule has 1 heterocycles. The van der Waals surface area contributed by atoms with E-state index < -0.39 is 5.54 Å². The standard InChI is InChI=1S/C14H21NO2S/c1-10-3-6-14(9-16,7-4-10)15-13(17)12-11(2)5-8-18-12/h5,8,10,16H,3-4,6-7,9H2,1-2H3,(H,15,17). The second kappa shape index (κ2) is 5.41. The molecule has 1 aromatic heterocycles. The van der Waals surface area contributed by atoms with Gasteiger partial charge in [-0.2, -0.15) is 0 Å². The van der Waals surface area contributed by atoms with Crippen LogP contribution in [0.2, 0.25) is 0 Å². The Balaban J connectivity index is 2.07. The Labute approximate surface area is 112 Å². The first-order valence-corrected chi connectivity index (χ1v) is 7.42. The van der Waals surface area contributed by atoms with Crippen molar-refractivity contribution in [1.82, 2.24) is 5.32 Å². The van der Waals surface area contributed by atoms with E-state index in [1.54, 1.807) is 0 Å². The highest BCUT2D eigenvalue weighted by atomic mass is 32.1. The van der Waals surface area contributed by atoms with Crippen molar-refractivity contribution in [2.24, 2.45) is 5.92 Å². The number of nitrogens with one attached hydrogen (secondary N) is 1. The molecular weight excluding hydrogens is 246 g/mol. The third kappa shape index (κ3) is 2.75. The van der Waals surface area contributed by atoms with Gasteiger partial charge in [0.15, 0.2) is 0 Å². The second-order valence-corrected chi connectivity index (χ2v) is 6.42. The van der Waals surface area contributed by atoms with Crippen molar-refractivity contribution in [2.45, 2.75) is 45.1 Å². The Bertz CT molecular complexity index is 419. The van der Waals surface area contributed by atoms with Gasteiger partial charge in [-0.1, -0.05) is 6.92 Å². The minimum atomic E-state index is -0.403. The summed E-state index contributed by atoms with van der Waals surface area (Å²) in [7, 11) is 0. The molecule has 2 rings (SSSR count). The van der Waals surface area contributed by atoms with Gasteiger partial charge in [-0.05, 0) is 55.5 Å². The van der Waals surface area contributed by atoms with Crippen LogP contribution >= 0.6 is 11.3 Å². The molecule has 0 unspecified atom stereocenters. The fraction of sp³-hybridized carbons (Fsp3) is 0.643. The highest BCUT2D eigenvalue weighted by Gasteiger charge is 2.35. The molecule has 0 aliphatic heterocycles. The highest BCUT2D eigenvalue weighted by molar-refractivity contribution is 7.12. The quantitative estimate of drug-likeness (QED) is 0.884. The van der Waals surface area contributed by atoms with Gasteiger partial charge in [-0.15, -0.1) is 11.3 Å². The van der Waals surface area contributed by atoms with Crippen LogP contribution in [0.25, 0.3) is 0 Å². The van der Waals surface area contributed by atoms with E-state index in [1.807, 2.05) is 18.4 Å². The summed E-state index contributed by atoms with van der Waals surface area (Å²) in [6.07, 6.45) is 3.90. The number of carbonyl (C=O) groups is 1. The SMILES string of the molecule is Cc1ccsc1C(=O)NC1(CO)CCC(C)CC1. The number of amides is 1. The van der Waals surface area contributed by atoms with Gasteiger partial charge in [0, 0.05) is 0 Å². The molecule has 0 aromatic carbocycles. The summed E-state index contributed by atoms with van der Waals surface area (Å²) < 4.78 is 0. The van der Waals surface area contributed by atoms with Gasteiger partial charge in [-0.3, -0.25) is 4.79 Å². The van der Waals surface area contributed by atoms with E-state index in [4.69, 9.17) is 0 Å². The Morgan fingerprint density at radius 3 is 2.72 bits per heavy atom. The van der Waals surface area contributed by atoms with Gasteiger partial charge in [0.05, 0.1) is 17.0 Å². The van der Waals surface area contributed by atoms with Crippen LogP contribution in [0.1, 0.15) is 47.8 Å². The minimum absolute atomic E-state index is 0.0360. The first kappa shape index (κ1) is 13.6. The Morgan fingerprint density at radius 1 is 1.56 bits per heavy atom. The maximum Gasteiger partial charge on any atom is 0.262 e. The molecule has 3 nitrogen and oxygen atoms in total. The van der Waals surface area contributed by atoms with Crippen molar-refractivity contribution < 1.29 is 9.90 Å². The van der Waals surface area contributed by atoms with Crippen LogP contribution in [0.4, 0.5) is 0 Å². The summed E-state index contributed by atoms with van der Waals surface area (Å²) in [5, 5.41) is 14.6. The monoisotopic (exact) mass is 267 g/mol. The molecule has 18 heavy (non-hydrogen) atoms. The summed E-state index contributed by atoms with van der Waals surface area (Å²) in [5.74, 6) is 0.663. The van der Waals surface area contributed by atoms with E-state index >= 15 is 0 Å². The van der Waals surface area contributed by atoms with Gasteiger partial charge < -0.3 is 10.4 Å². The van der Waals surface area contributed by atoms with Gasteiger partial charge in [0.1, 0.15) is 0 Å². The molecule has 1 aliphatic rings. The maximum atomic E-state index is 12.2. The Hall–Kier alpha value is -0.870. The lowest BCUT2D eigenvalue weighted by Gasteiger charge is -2.38. The molecule has 1 saturated carbocycles. The number of aliphatic hydroxyl groups excluding tert-OH is 1. The fourth-order valence-corrected chi connectivity index (χ4v) is 3.36. The van der Waals surface area contributed by atoms with E-state index in [0.717, 1.165) is 36.1 Å². The summed E-state index contributed by atoms with van der Waals surface area (Å²) in [5.41, 5.74) is 0.606. The zero-order chi connectivity index (χ0) is 13.2. The fourth-order valence-electron chi connectivity index (χ4n) is 2.54. The molecule has 0 radical (unpaired) electrons. The van der Waals surface area contributed by atoms with E-state index in [-0.39, 0.29) is 12.5 Å². The lowest BCUT2D eigenvalue weighted by atomic mass is 9.77. The molecule has 0 spiro atoms. The van der Waals surface area contributed by atoms with Crippen molar-refractivity contribution in [3.63, 3.8) is 0 Å². The van der Waals surface area contributed by atoms with Gasteiger partial charge in [-0.25, -0.2) is 0 Å². The summed E-state index contributed by atoms with van der Waals surface area (Å²) >= 11 is 1.46. The third-order valence-corrected chi connectivity index (χ3v) is 5.00. The van der Waals surface area contributed by atoms with Gasteiger partial charge in [0.25, 0.3) is 5.91 Å². The predicted molar refractivity (Wildman–Crippen MR) is 74.0 cm³/mol. The van der Waals surface area contributed by atoms with E-state index in [0.29, 0.717) is 5.92 Å². The lowest BCUT2D eigenvalue weighted by molar-refractivity contribution is 0.0720. The third-order valence-electron chi connectivity index (χ3n) is 3.98. The van der Waals surface area contributed by atoms with Crippen LogP contribution in [-0.2, 0) is 0 Å². The number of hydrogen-bond donors (Lipinski definition) is 2. The van der Waals surface area contributed by atoms with Crippen molar-refractivity contribution in [3.05, 3.63) is 21.9 Å². The highest BCUT2D eigenvalue weighted by Crippen LogP contribution is 2.32. The minimum Gasteiger partial charge on any atom is -0.394 e. The molecule has 0 saturated heterocycles. The molecule has 1 amide bonds. The van der Waals surface area contributed by atoms with Crippen molar-refractivity contribution in [2.75, 3.05) is 6.61 Å². The summed E-state index contributed by atoms with van der Waals surface area (Å²) in [4.78, 5) is 13.0. The molecule has 0 atom stereocenters. The van der Waals surface area contributed by atoms with Crippen LogP contribution in [0.15, 0.2) is 11.4 Å². The summed E-state index contributed by atoms with van der Waals surface area (Å²) in [6, 6.07) is 1.95. The molecule has 1 aromatic rings. The number of aryl methyl sites for hydroxylation is 1. The predicted octanol–water partition coefficient (Wildman–Crippen LogP) is 2.73. The molecule has 0 bridgehead atoms. The number of thiophene rings is 1. The number of aliphatic hydroxyl groups is 1. The van der Waals surface area contributed by atoms with E-state index in [2.05, 4.69) is 12.2 Å². The molecule has 4 heteroatoms. The summed E-state index contributed by atoms with van der Waals surface area (Å²) in [6.45, 7) is 4.21. The average Bonchev–Trinajstić information content (AvgIpc) is 2.79. The Kier molecular flexibility index (Phi) is 4.07. The topological polar surface area (TPSA) is 49.3 Å². The first-order valence-electron chi connectivity index (χ1n) is 6.54. The second-order valence-electron chi connectivity index (χ2n) is 5.51. The Morgan fingerprint density at radius 2 is 2.22 bits per heavy atom. The average molecular weight is 267 g/mol. The molecular formula is C14H21NO2S. The number of carbonyl (C=O) groups excluding carboxylic acids is 1. The molecule has 2 N–H and O–H groups in total. The molecule has 100 valence electrons. The van der Waals surface area contributed by atoms with Gasteiger partial charge >= 0.3 is 0 Å².